The fourth-order valence-electron chi connectivity index (χ4n) is 3.00. The Morgan fingerprint density at radius 2 is 1.79 bits per heavy atom. The minimum atomic E-state index is -0.402. The molecule has 1 amide bonds. The van der Waals surface area contributed by atoms with Gasteiger partial charge in [0.05, 0.1) is 24.8 Å². The molecular weight excluding hydrogens is 356 g/mol. The summed E-state index contributed by atoms with van der Waals surface area (Å²) in [4.78, 5) is 24.5. The van der Waals surface area contributed by atoms with Gasteiger partial charge in [0.1, 0.15) is 5.75 Å². The van der Waals surface area contributed by atoms with Gasteiger partial charge < -0.3 is 9.47 Å². The van der Waals surface area contributed by atoms with E-state index in [-0.39, 0.29) is 24.5 Å². The van der Waals surface area contributed by atoms with Crippen molar-refractivity contribution < 1.29 is 19.1 Å². The molecule has 0 fully saturated rings. The van der Waals surface area contributed by atoms with Crippen LogP contribution in [0.5, 0.6) is 5.75 Å². The van der Waals surface area contributed by atoms with E-state index in [0.717, 1.165) is 22.6 Å². The SMILES string of the molecule is COc1ccc(C2CC(c3ccccc3)=NN2C(=O)COC(=O)C(C)C)cc1. The quantitative estimate of drug-likeness (QED) is 0.719. The number of nitrogens with zero attached hydrogens (tertiary/aromatic N) is 2. The summed E-state index contributed by atoms with van der Waals surface area (Å²) < 4.78 is 10.3. The highest BCUT2D eigenvalue weighted by Crippen LogP contribution is 2.33. The molecule has 0 N–H and O–H groups in total. The lowest BCUT2D eigenvalue weighted by Crippen LogP contribution is -2.32. The summed E-state index contributed by atoms with van der Waals surface area (Å²) >= 11 is 0. The minimum Gasteiger partial charge on any atom is -0.497 e. The van der Waals surface area contributed by atoms with Crippen LogP contribution in [0.2, 0.25) is 0 Å². The second-order valence-electron chi connectivity index (χ2n) is 6.91. The van der Waals surface area contributed by atoms with Crippen LogP contribution in [-0.4, -0.2) is 36.3 Å². The van der Waals surface area contributed by atoms with Gasteiger partial charge in [0.25, 0.3) is 5.91 Å². The number of methoxy groups -OCH3 is 1. The van der Waals surface area contributed by atoms with Crippen molar-refractivity contribution in [3.63, 3.8) is 0 Å². The number of hydrogen-bond acceptors (Lipinski definition) is 5. The molecule has 6 heteroatoms. The number of hydrogen-bond donors (Lipinski definition) is 0. The van der Waals surface area contributed by atoms with Crippen LogP contribution >= 0.6 is 0 Å². The van der Waals surface area contributed by atoms with Crippen molar-refractivity contribution in [2.75, 3.05) is 13.7 Å². The predicted octanol–water partition coefficient (Wildman–Crippen LogP) is 3.57. The maximum absolute atomic E-state index is 12.8. The van der Waals surface area contributed by atoms with E-state index in [2.05, 4.69) is 5.10 Å². The van der Waals surface area contributed by atoms with Gasteiger partial charge in [-0.25, -0.2) is 5.01 Å². The highest BCUT2D eigenvalue weighted by atomic mass is 16.5. The fourth-order valence-corrected chi connectivity index (χ4v) is 3.00. The smallest absolute Gasteiger partial charge is 0.308 e. The average molecular weight is 380 g/mol. The average Bonchev–Trinajstić information content (AvgIpc) is 3.18. The molecule has 1 aliphatic rings. The zero-order valence-corrected chi connectivity index (χ0v) is 16.3. The van der Waals surface area contributed by atoms with Crippen LogP contribution in [0.3, 0.4) is 0 Å². The normalized spacial score (nSPS) is 16.1. The second-order valence-corrected chi connectivity index (χ2v) is 6.91. The van der Waals surface area contributed by atoms with E-state index in [1.165, 1.54) is 5.01 Å². The zero-order valence-electron chi connectivity index (χ0n) is 16.3. The van der Waals surface area contributed by atoms with Crippen molar-refractivity contribution in [1.82, 2.24) is 5.01 Å². The topological polar surface area (TPSA) is 68.2 Å². The van der Waals surface area contributed by atoms with Crippen LogP contribution in [0.25, 0.3) is 0 Å². The number of amides is 1. The van der Waals surface area contributed by atoms with Gasteiger partial charge in [-0.05, 0) is 23.3 Å². The number of esters is 1. The third kappa shape index (κ3) is 4.39. The van der Waals surface area contributed by atoms with Crippen molar-refractivity contribution in [2.45, 2.75) is 26.3 Å². The number of carbonyl (C=O) groups excluding carboxylic acids is 2. The lowest BCUT2D eigenvalue weighted by molar-refractivity contribution is -0.155. The lowest BCUT2D eigenvalue weighted by Gasteiger charge is -2.22. The zero-order chi connectivity index (χ0) is 20.1. The fraction of sp³-hybridized carbons (Fsp3) is 0.318. The van der Waals surface area contributed by atoms with E-state index in [0.29, 0.717) is 6.42 Å². The summed E-state index contributed by atoms with van der Waals surface area (Å²) in [5.74, 6) is -0.289. The largest absolute Gasteiger partial charge is 0.497 e. The van der Waals surface area contributed by atoms with Gasteiger partial charge in [0.15, 0.2) is 6.61 Å². The summed E-state index contributed by atoms with van der Waals surface area (Å²) in [6.07, 6.45) is 0.584. The molecule has 2 aromatic carbocycles. The van der Waals surface area contributed by atoms with Crippen LogP contribution in [0.15, 0.2) is 59.7 Å². The first-order valence-corrected chi connectivity index (χ1v) is 9.25. The Kier molecular flexibility index (Phi) is 6.09. The van der Waals surface area contributed by atoms with Crippen LogP contribution < -0.4 is 4.74 Å². The molecule has 1 aliphatic heterocycles. The molecule has 146 valence electrons. The van der Waals surface area contributed by atoms with Crippen molar-refractivity contribution >= 4 is 17.6 Å². The Morgan fingerprint density at radius 3 is 2.39 bits per heavy atom. The van der Waals surface area contributed by atoms with E-state index in [1.807, 2.05) is 54.6 Å². The number of benzene rings is 2. The molecule has 0 saturated heterocycles. The van der Waals surface area contributed by atoms with Crippen LogP contribution in [-0.2, 0) is 14.3 Å². The van der Waals surface area contributed by atoms with Gasteiger partial charge in [-0.1, -0.05) is 56.3 Å². The second kappa shape index (κ2) is 8.69. The number of ether oxygens (including phenoxy) is 2. The standard InChI is InChI=1S/C22H24N2O4/c1-15(2)22(26)28-14-21(25)24-20(17-9-11-18(27-3)12-10-17)13-19(23-24)16-7-5-4-6-8-16/h4-12,15,20H,13-14H2,1-3H3. The first-order valence-electron chi connectivity index (χ1n) is 9.25. The van der Waals surface area contributed by atoms with Crippen molar-refractivity contribution in [3.8, 4) is 5.75 Å². The summed E-state index contributed by atoms with van der Waals surface area (Å²) in [5.41, 5.74) is 2.74. The molecule has 1 heterocycles. The summed E-state index contributed by atoms with van der Waals surface area (Å²) in [6, 6.07) is 17.1. The third-order valence-electron chi connectivity index (χ3n) is 4.58. The molecule has 0 aromatic heterocycles. The molecule has 1 atom stereocenters. The van der Waals surface area contributed by atoms with Crippen LogP contribution in [0.4, 0.5) is 0 Å². The molecule has 1 unspecified atom stereocenters. The lowest BCUT2D eigenvalue weighted by atomic mass is 9.98. The van der Waals surface area contributed by atoms with Crippen molar-refractivity contribution in [2.24, 2.45) is 11.0 Å². The van der Waals surface area contributed by atoms with E-state index in [9.17, 15) is 9.59 Å². The van der Waals surface area contributed by atoms with E-state index in [4.69, 9.17) is 9.47 Å². The first kappa shape index (κ1) is 19.6. The summed E-state index contributed by atoms with van der Waals surface area (Å²) in [5, 5.41) is 5.99. The summed E-state index contributed by atoms with van der Waals surface area (Å²) in [7, 11) is 1.61. The van der Waals surface area contributed by atoms with Gasteiger partial charge in [0, 0.05) is 6.42 Å². The molecule has 0 spiro atoms. The maximum atomic E-state index is 12.8. The predicted molar refractivity (Wildman–Crippen MR) is 106 cm³/mol. The molecule has 0 aliphatic carbocycles. The van der Waals surface area contributed by atoms with Gasteiger partial charge >= 0.3 is 5.97 Å². The van der Waals surface area contributed by atoms with Crippen molar-refractivity contribution in [1.29, 1.82) is 0 Å². The van der Waals surface area contributed by atoms with Gasteiger partial charge in [0.2, 0.25) is 0 Å². The molecule has 3 rings (SSSR count). The molecule has 0 bridgehead atoms. The first-order chi connectivity index (χ1) is 13.5. The monoisotopic (exact) mass is 380 g/mol. The molecule has 0 radical (unpaired) electrons. The molecule has 2 aromatic rings. The Morgan fingerprint density at radius 1 is 1.11 bits per heavy atom. The highest BCUT2D eigenvalue weighted by Gasteiger charge is 2.33. The van der Waals surface area contributed by atoms with Gasteiger partial charge in [-0.2, -0.15) is 5.10 Å². The Bertz CT molecular complexity index is 860. The number of hydrazone groups is 1. The highest BCUT2D eigenvalue weighted by molar-refractivity contribution is 6.03. The Labute approximate surface area is 164 Å². The Hall–Kier alpha value is -3.15. The van der Waals surface area contributed by atoms with Crippen LogP contribution in [0.1, 0.15) is 37.4 Å². The maximum Gasteiger partial charge on any atom is 0.308 e. The van der Waals surface area contributed by atoms with Gasteiger partial charge in [-0.15, -0.1) is 0 Å². The molecule has 0 saturated carbocycles. The van der Waals surface area contributed by atoms with Crippen LogP contribution in [0, 0.1) is 5.92 Å². The van der Waals surface area contributed by atoms with E-state index >= 15 is 0 Å². The Balaban J connectivity index is 1.84. The number of rotatable bonds is 6. The van der Waals surface area contributed by atoms with E-state index < -0.39 is 5.97 Å². The molecule has 28 heavy (non-hydrogen) atoms. The minimum absolute atomic E-state index is 0.258. The number of carbonyl (C=O) groups is 2. The van der Waals surface area contributed by atoms with E-state index in [1.54, 1.807) is 21.0 Å². The van der Waals surface area contributed by atoms with Crippen molar-refractivity contribution in [3.05, 3.63) is 65.7 Å². The van der Waals surface area contributed by atoms with Gasteiger partial charge in [-0.3, -0.25) is 9.59 Å². The summed E-state index contributed by atoms with van der Waals surface area (Å²) in [6.45, 7) is 3.14. The molecular formula is C22H24N2O4. The third-order valence-corrected chi connectivity index (χ3v) is 4.58. The molecule has 6 nitrogen and oxygen atoms in total.